The predicted molar refractivity (Wildman–Crippen MR) is 133 cm³/mol. The molecule has 6 nitrogen and oxygen atoms in total. The number of hydrogen-bond donors (Lipinski definition) is 2. The largest absolute Gasteiger partial charge is 0.356 e. The Balaban J connectivity index is 0.00000729. The zero-order valence-electron chi connectivity index (χ0n) is 17.8. The van der Waals surface area contributed by atoms with Gasteiger partial charge in [-0.25, -0.2) is 4.99 Å². The van der Waals surface area contributed by atoms with Crippen LogP contribution in [0.3, 0.4) is 0 Å². The summed E-state index contributed by atoms with van der Waals surface area (Å²) in [5.41, 5.74) is 1.28. The zero-order chi connectivity index (χ0) is 20.1. The molecule has 0 fully saturated rings. The highest BCUT2D eigenvalue weighted by molar-refractivity contribution is 14.0. The van der Waals surface area contributed by atoms with E-state index in [1.54, 1.807) is 30.8 Å². The first-order valence-electron chi connectivity index (χ1n) is 9.53. The summed E-state index contributed by atoms with van der Waals surface area (Å²) in [6.07, 6.45) is 2.08. The molecule has 2 N–H and O–H groups in total. The van der Waals surface area contributed by atoms with Crippen LogP contribution in [0, 0.1) is 0 Å². The minimum absolute atomic E-state index is 0. The van der Waals surface area contributed by atoms with E-state index in [-0.39, 0.29) is 42.5 Å². The van der Waals surface area contributed by atoms with E-state index in [9.17, 15) is 4.79 Å². The summed E-state index contributed by atoms with van der Waals surface area (Å²) in [6.45, 7) is 7.99. The lowest BCUT2D eigenvalue weighted by molar-refractivity contribution is -0.127. The summed E-state index contributed by atoms with van der Waals surface area (Å²) in [5, 5.41) is 6.76. The van der Waals surface area contributed by atoms with Crippen LogP contribution in [-0.4, -0.2) is 80.5 Å². The number of nitrogens with zero attached hydrogens (tertiary/aromatic N) is 3. The summed E-state index contributed by atoms with van der Waals surface area (Å²) < 4.78 is 0. The lowest BCUT2D eigenvalue weighted by atomic mass is 10.1. The molecule has 1 aromatic rings. The fraction of sp³-hybridized carbons (Fsp3) is 0.600. The minimum Gasteiger partial charge on any atom is -0.356 e. The van der Waals surface area contributed by atoms with Crippen molar-refractivity contribution in [3.63, 3.8) is 0 Å². The molecule has 1 amide bonds. The smallest absolute Gasteiger partial charge is 0.243 e. The zero-order valence-corrected chi connectivity index (χ0v) is 20.9. The first-order valence-corrected chi connectivity index (χ1v) is 10.9. The Morgan fingerprint density at radius 2 is 1.79 bits per heavy atom. The highest BCUT2D eigenvalue weighted by Crippen LogP contribution is 2.19. The van der Waals surface area contributed by atoms with Crippen LogP contribution in [0.2, 0.25) is 0 Å². The number of carbonyl (C=O) groups excluding carboxylic acids is 1. The summed E-state index contributed by atoms with van der Waals surface area (Å²) in [6, 6.07) is 10.8. The predicted octanol–water partition coefficient (Wildman–Crippen LogP) is 2.67. The van der Waals surface area contributed by atoms with Gasteiger partial charge in [0.2, 0.25) is 5.91 Å². The number of guanidine groups is 1. The molecule has 0 aliphatic carbocycles. The summed E-state index contributed by atoms with van der Waals surface area (Å²) in [7, 11) is 3.50. The van der Waals surface area contributed by atoms with Gasteiger partial charge < -0.3 is 15.5 Å². The Labute approximate surface area is 191 Å². The van der Waals surface area contributed by atoms with E-state index in [4.69, 9.17) is 0 Å². The average Bonchev–Trinajstić information content (AvgIpc) is 2.69. The molecule has 0 saturated carbocycles. The topological polar surface area (TPSA) is 60.0 Å². The number of nitrogens with one attached hydrogen (secondary N) is 2. The van der Waals surface area contributed by atoms with Crippen molar-refractivity contribution in [3.05, 3.63) is 35.9 Å². The minimum atomic E-state index is -0.00989. The van der Waals surface area contributed by atoms with Gasteiger partial charge in [-0.2, -0.15) is 11.8 Å². The number of benzene rings is 1. The monoisotopic (exact) mass is 521 g/mol. The number of likely N-dealkylation sites (N-methyl/N-ethyl adjacent to an activating group) is 2. The van der Waals surface area contributed by atoms with Crippen LogP contribution in [0.25, 0.3) is 0 Å². The van der Waals surface area contributed by atoms with E-state index < -0.39 is 0 Å². The number of aliphatic imine (C=N–C) groups is 1. The maximum atomic E-state index is 11.9. The second-order valence-electron chi connectivity index (χ2n) is 6.40. The van der Waals surface area contributed by atoms with Crippen LogP contribution < -0.4 is 10.6 Å². The van der Waals surface area contributed by atoms with Crippen LogP contribution in [0.1, 0.15) is 25.5 Å². The van der Waals surface area contributed by atoms with Crippen LogP contribution in [0.4, 0.5) is 0 Å². The number of carbonyl (C=O) groups is 1. The SMILES string of the molecule is CCN(CC)C(CNC(=NCC(=O)N(C)C)NCCSC)c1ccccc1.I. The van der Waals surface area contributed by atoms with Crippen molar-refractivity contribution in [2.75, 3.05) is 58.8 Å². The second kappa shape index (κ2) is 15.9. The molecule has 0 aliphatic heterocycles. The van der Waals surface area contributed by atoms with Crippen molar-refractivity contribution < 1.29 is 4.79 Å². The first kappa shape index (κ1) is 27.0. The molecule has 1 atom stereocenters. The molecule has 0 heterocycles. The highest BCUT2D eigenvalue weighted by Gasteiger charge is 2.18. The van der Waals surface area contributed by atoms with Gasteiger partial charge >= 0.3 is 0 Å². The Hall–Kier alpha value is -1.000. The molecule has 0 aromatic heterocycles. The Kier molecular flexibility index (Phi) is 15.3. The maximum absolute atomic E-state index is 11.9. The third kappa shape index (κ3) is 9.97. The van der Waals surface area contributed by atoms with E-state index >= 15 is 0 Å². The number of rotatable bonds is 11. The quantitative estimate of drug-likeness (QED) is 0.203. The second-order valence-corrected chi connectivity index (χ2v) is 7.39. The van der Waals surface area contributed by atoms with E-state index in [1.165, 1.54) is 5.56 Å². The van der Waals surface area contributed by atoms with Gasteiger partial charge in [0.15, 0.2) is 5.96 Å². The molecular formula is C20H36IN5OS. The number of amides is 1. The Morgan fingerprint density at radius 3 is 2.32 bits per heavy atom. The number of thioether (sulfide) groups is 1. The van der Waals surface area contributed by atoms with Gasteiger partial charge in [-0.15, -0.1) is 24.0 Å². The summed E-state index contributed by atoms with van der Waals surface area (Å²) in [4.78, 5) is 20.3. The molecule has 0 saturated heterocycles. The van der Waals surface area contributed by atoms with Gasteiger partial charge in [-0.1, -0.05) is 44.2 Å². The maximum Gasteiger partial charge on any atom is 0.243 e. The average molecular weight is 522 g/mol. The molecule has 1 rings (SSSR count). The lowest BCUT2D eigenvalue weighted by Gasteiger charge is -2.31. The molecule has 160 valence electrons. The van der Waals surface area contributed by atoms with E-state index in [2.05, 4.69) is 64.9 Å². The van der Waals surface area contributed by atoms with E-state index in [0.717, 1.165) is 31.9 Å². The fourth-order valence-corrected chi connectivity index (χ4v) is 3.03. The molecular weight excluding hydrogens is 485 g/mol. The van der Waals surface area contributed by atoms with Crippen LogP contribution >= 0.6 is 35.7 Å². The Bertz CT molecular complexity index is 567. The fourth-order valence-electron chi connectivity index (χ4n) is 2.72. The molecule has 0 aliphatic rings. The Morgan fingerprint density at radius 1 is 1.14 bits per heavy atom. The summed E-state index contributed by atoms with van der Waals surface area (Å²) in [5.74, 6) is 1.66. The molecule has 1 aromatic carbocycles. The number of hydrogen-bond acceptors (Lipinski definition) is 4. The van der Waals surface area contributed by atoms with Gasteiger partial charge in [0.25, 0.3) is 0 Å². The normalized spacial score (nSPS) is 12.3. The van der Waals surface area contributed by atoms with Gasteiger partial charge in [-0.05, 0) is 24.9 Å². The first-order chi connectivity index (χ1) is 13.0. The molecule has 8 heteroatoms. The van der Waals surface area contributed by atoms with Gasteiger partial charge in [0.05, 0.1) is 6.04 Å². The van der Waals surface area contributed by atoms with Crippen LogP contribution in [0.5, 0.6) is 0 Å². The van der Waals surface area contributed by atoms with Crippen molar-refractivity contribution in [1.82, 2.24) is 20.4 Å². The molecule has 0 radical (unpaired) electrons. The number of halogens is 1. The van der Waals surface area contributed by atoms with Crippen molar-refractivity contribution in [2.24, 2.45) is 4.99 Å². The molecule has 28 heavy (non-hydrogen) atoms. The van der Waals surface area contributed by atoms with Crippen molar-refractivity contribution in [2.45, 2.75) is 19.9 Å². The molecule has 0 bridgehead atoms. The highest BCUT2D eigenvalue weighted by atomic mass is 127. The third-order valence-corrected chi connectivity index (χ3v) is 4.98. The lowest BCUT2D eigenvalue weighted by Crippen LogP contribution is -2.44. The molecule has 1 unspecified atom stereocenters. The van der Waals surface area contributed by atoms with Gasteiger partial charge in [-0.3, -0.25) is 9.69 Å². The van der Waals surface area contributed by atoms with E-state index in [1.807, 2.05) is 6.07 Å². The van der Waals surface area contributed by atoms with E-state index in [0.29, 0.717) is 5.96 Å². The van der Waals surface area contributed by atoms with Crippen LogP contribution in [-0.2, 0) is 4.79 Å². The summed E-state index contributed by atoms with van der Waals surface area (Å²) >= 11 is 1.78. The van der Waals surface area contributed by atoms with Crippen LogP contribution in [0.15, 0.2) is 35.3 Å². The van der Waals surface area contributed by atoms with Gasteiger partial charge in [0, 0.05) is 32.9 Å². The molecule has 0 spiro atoms. The van der Waals surface area contributed by atoms with Gasteiger partial charge in [0.1, 0.15) is 6.54 Å². The standard InChI is InChI=1S/C20H35N5OS.HI/c1-6-25(7-2)18(17-11-9-8-10-12-17)15-22-20(21-13-14-27-5)23-16-19(26)24(3)4;/h8-12,18H,6-7,13-16H2,1-5H3,(H2,21,22,23);1H. The van der Waals surface area contributed by atoms with Crippen molar-refractivity contribution >= 4 is 47.6 Å². The van der Waals surface area contributed by atoms with Crippen molar-refractivity contribution in [3.8, 4) is 0 Å². The van der Waals surface area contributed by atoms with Crippen molar-refractivity contribution in [1.29, 1.82) is 0 Å². The third-order valence-electron chi connectivity index (χ3n) is 4.37.